The maximum Gasteiger partial charge on any atom is 0.573 e. The van der Waals surface area contributed by atoms with Crippen LogP contribution in [0.4, 0.5) is 23.7 Å². The average molecular weight is 409 g/mol. The zero-order chi connectivity index (χ0) is 21.2. The van der Waals surface area contributed by atoms with E-state index in [1.807, 2.05) is 6.92 Å². The van der Waals surface area contributed by atoms with E-state index in [0.29, 0.717) is 17.9 Å². The Kier molecular flexibility index (Phi) is 5.62. The summed E-state index contributed by atoms with van der Waals surface area (Å²) in [7, 11) is 0. The molecule has 1 saturated heterocycles. The maximum atomic E-state index is 12.9. The van der Waals surface area contributed by atoms with Gasteiger partial charge >= 0.3 is 12.4 Å². The van der Waals surface area contributed by atoms with Crippen molar-refractivity contribution >= 4 is 17.6 Å². The second kappa shape index (κ2) is 7.98. The van der Waals surface area contributed by atoms with Crippen molar-refractivity contribution in [3.8, 4) is 11.5 Å². The van der Waals surface area contributed by atoms with Gasteiger partial charge in [0.05, 0.1) is 25.0 Å². The smallest absolute Gasteiger partial charge is 0.492 e. The maximum absolute atomic E-state index is 12.9. The van der Waals surface area contributed by atoms with Crippen molar-refractivity contribution in [2.45, 2.75) is 32.8 Å². The van der Waals surface area contributed by atoms with Gasteiger partial charge in [0.2, 0.25) is 0 Å². The molecule has 7 nitrogen and oxygen atoms in total. The molecule has 1 aliphatic heterocycles. The van der Waals surface area contributed by atoms with E-state index in [-0.39, 0.29) is 12.2 Å². The van der Waals surface area contributed by atoms with Gasteiger partial charge in [0.15, 0.2) is 0 Å². The second-order valence-corrected chi connectivity index (χ2v) is 6.22. The number of hydrogen-bond acceptors (Lipinski definition) is 5. The first kappa shape index (κ1) is 20.4. The Hall–Kier alpha value is -3.30. The number of pyridine rings is 1. The lowest BCUT2D eigenvalue weighted by molar-refractivity contribution is -0.274. The number of amides is 3. The van der Waals surface area contributed by atoms with E-state index in [4.69, 9.17) is 4.74 Å². The van der Waals surface area contributed by atoms with Gasteiger partial charge in [0.25, 0.3) is 5.91 Å². The lowest BCUT2D eigenvalue weighted by Crippen LogP contribution is -2.33. The van der Waals surface area contributed by atoms with Gasteiger partial charge in [-0.2, -0.15) is 0 Å². The van der Waals surface area contributed by atoms with Crippen LogP contribution in [0.3, 0.4) is 0 Å². The molecule has 3 rings (SSSR count). The number of alkyl halides is 3. The second-order valence-electron chi connectivity index (χ2n) is 6.22. The normalized spacial score (nSPS) is 17.1. The number of imide groups is 1. The summed E-state index contributed by atoms with van der Waals surface area (Å²) in [5.41, 5.74) is 0.842. The Balaban J connectivity index is 1.81. The summed E-state index contributed by atoms with van der Waals surface area (Å²) in [6.07, 6.45) is -1.74. The van der Waals surface area contributed by atoms with Gasteiger partial charge in [0.1, 0.15) is 17.5 Å². The van der Waals surface area contributed by atoms with Gasteiger partial charge in [0, 0.05) is 11.8 Å². The van der Waals surface area contributed by atoms with Gasteiger partial charge in [-0.1, -0.05) is 0 Å². The number of ether oxygens (including phenoxy) is 2. The molecule has 0 aliphatic carbocycles. The lowest BCUT2D eigenvalue weighted by atomic mass is 10.2. The molecule has 1 aromatic carbocycles. The van der Waals surface area contributed by atoms with Crippen LogP contribution in [0.1, 0.15) is 19.4 Å². The number of hydrogen-bond donors (Lipinski definition) is 0. The number of aromatic nitrogens is 1. The predicted molar refractivity (Wildman–Crippen MR) is 96.4 cm³/mol. The molecule has 0 spiro atoms. The predicted octanol–water partition coefficient (Wildman–Crippen LogP) is 3.74. The first-order chi connectivity index (χ1) is 13.7. The van der Waals surface area contributed by atoms with Gasteiger partial charge in [-0.15, -0.1) is 13.2 Å². The van der Waals surface area contributed by atoms with E-state index in [0.717, 1.165) is 17.0 Å². The molecule has 1 aliphatic rings. The molecular weight excluding hydrogens is 391 g/mol. The molecule has 3 amide bonds. The van der Waals surface area contributed by atoms with Gasteiger partial charge in [-0.3, -0.25) is 9.78 Å². The Morgan fingerprint density at radius 3 is 2.45 bits per heavy atom. The number of nitrogens with zero attached hydrogens (tertiary/aromatic N) is 3. The quantitative estimate of drug-likeness (QED) is 0.680. The lowest BCUT2D eigenvalue weighted by Gasteiger charge is -2.21. The molecule has 2 heterocycles. The van der Waals surface area contributed by atoms with E-state index in [1.165, 1.54) is 23.2 Å². The highest BCUT2D eigenvalue weighted by atomic mass is 19.4. The van der Waals surface area contributed by atoms with Crippen LogP contribution in [0.5, 0.6) is 11.5 Å². The number of urea groups is 1. The fourth-order valence-electron chi connectivity index (χ4n) is 2.96. The SMILES string of the molecule is CCOc1cnccc1CN1C(=O)N(c2ccc(OC(F)(F)F)cc2)C(=O)C1C. The minimum absolute atomic E-state index is 0.120. The van der Waals surface area contributed by atoms with Crippen LogP contribution < -0.4 is 14.4 Å². The van der Waals surface area contributed by atoms with Gasteiger partial charge in [-0.05, 0) is 44.2 Å². The molecule has 1 atom stereocenters. The first-order valence-electron chi connectivity index (χ1n) is 8.77. The molecule has 29 heavy (non-hydrogen) atoms. The molecule has 0 bridgehead atoms. The molecule has 10 heteroatoms. The van der Waals surface area contributed by atoms with Crippen molar-refractivity contribution in [2.75, 3.05) is 11.5 Å². The molecular formula is C19H18F3N3O4. The summed E-state index contributed by atoms with van der Waals surface area (Å²) in [6.45, 7) is 3.94. The standard InChI is InChI=1S/C19H18F3N3O4/c1-3-28-16-10-23-9-8-13(16)11-24-12(2)17(26)25(18(24)27)14-4-6-15(7-5-14)29-19(20,21)22/h4-10,12H,3,11H2,1-2H3. The van der Waals surface area contributed by atoms with Crippen LogP contribution in [0.2, 0.25) is 0 Å². The largest absolute Gasteiger partial charge is 0.573 e. The van der Waals surface area contributed by atoms with Crippen LogP contribution in [-0.2, 0) is 11.3 Å². The van der Waals surface area contributed by atoms with Crippen molar-refractivity contribution in [1.29, 1.82) is 0 Å². The van der Waals surface area contributed by atoms with E-state index in [1.54, 1.807) is 19.2 Å². The third kappa shape index (κ3) is 4.41. The minimum atomic E-state index is -4.82. The van der Waals surface area contributed by atoms with E-state index >= 15 is 0 Å². The molecule has 1 unspecified atom stereocenters. The van der Waals surface area contributed by atoms with Crippen LogP contribution in [0, 0.1) is 0 Å². The van der Waals surface area contributed by atoms with Crippen molar-refractivity contribution in [3.63, 3.8) is 0 Å². The zero-order valence-electron chi connectivity index (χ0n) is 15.6. The van der Waals surface area contributed by atoms with Gasteiger partial charge < -0.3 is 14.4 Å². The summed E-state index contributed by atoms with van der Waals surface area (Å²) in [4.78, 5) is 31.8. The van der Waals surface area contributed by atoms with Crippen LogP contribution in [-0.4, -0.2) is 40.8 Å². The summed E-state index contributed by atoms with van der Waals surface area (Å²) in [5, 5.41) is 0. The summed E-state index contributed by atoms with van der Waals surface area (Å²) >= 11 is 0. The monoisotopic (exact) mass is 409 g/mol. The molecule has 0 radical (unpaired) electrons. The van der Waals surface area contributed by atoms with Crippen molar-refractivity contribution in [2.24, 2.45) is 0 Å². The third-order valence-electron chi connectivity index (χ3n) is 4.32. The minimum Gasteiger partial charge on any atom is -0.492 e. The van der Waals surface area contributed by atoms with Crippen LogP contribution in [0.25, 0.3) is 0 Å². The summed E-state index contributed by atoms with van der Waals surface area (Å²) in [6, 6.07) is 4.92. The fourth-order valence-corrected chi connectivity index (χ4v) is 2.96. The van der Waals surface area contributed by atoms with Crippen LogP contribution in [0.15, 0.2) is 42.7 Å². The van der Waals surface area contributed by atoms with Crippen molar-refractivity contribution in [1.82, 2.24) is 9.88 Å². The molecule has 1 aromatic heterocycles. The van der Waals surface area contributed by atoms with Gasteiger partial charge in [-0.25, -0.2) is 9.69 Å². The Morgan fingerprint density at radius 2 is 1.83 bits per heavy atom. The number of carbonyl (C=O) groups excluding carboxylic acids is 2. The Morgan fingerprint density at radius 1 is 1.14 bits per heavy atom. The summed E-state index contributed by atoms with van der Waals surface area (Å²) < 4.78 is 46.2. The summed E-state index contributed by atoms with van der Waals surface area (Å²) in [5.74, 6) is -0.413. The fraction of sp³-hybridized carbons (Fsp3) is 0.316. The highest BCUT2D eigenvalue weighted by molar-refractivity contribution is 6.21. The number of benzene rings is 1. The number of carbonyl (C=O) groups is 2. The zero-order valence-corrected chi connectivity index (χ0v) is 15.6. The molecule has 0 saturated carbocycles. The third-order valence-corrected chi connectivity index (χ3v) is 4.32. The molecule has 2 aromatic rings. The topological polar surface area (TPSA) is 72.0 Å². The number of anilines is 1. The van der Waals surface area contributed by atoms with Crippen molar-refractivity contribution in [3.05, 3.63) is 48.3 Å². The van der Waals surface area contributed by atoms with Crippen molar-refractivity contribution < 1.29 is 32.2 Å². The van der Waals surface area contributed by atoms with E-state index in [2.05, 4.69) is 9.72 Å². The highest BCUT2D eigenvalue weighted by Crippen LogP contribution is 2.31. The average Bonchev–Trinajstić information content (AvgIpc) is 2.86. The highest BCUT2D eigenvalue weighted by Gasteiger charge is 2.43. The Labute approximate surface area is 164 Å². The van der Waals surface area contributed by atoms with E-state index < -0.39 is 30.1 Å². The molecule has 1 fully saturated rings. The van der Waals surface area contributed by atoms with E-state index in [9.17, 15) is 22.8 Å². The van der Waals surface area contributed by atoms with Crippen LogP contribution >= 0.6 is 0 Å². The molecule has 154 valence electrons. The Bertz CT molecular complexity index is 902. The molecule has 0 N–H and O–H groups in total. The number of halogens is 3. The number of rotatable bonds is 6. The first-order valence-corrected chi connectivity index (χ1v) is 8.77.